The highest BCUT2D eigenvalue weighted by atomic mass is 32.2. The Kier molecular flexibility index (Phi) is 6.43. The third kappa shape index (κ3) is 5.41. The quantitative estimate of drug-likeness (QED) is 0.729. The van der Waals surface area contributed by atoms with Crippen molar-refractivity contribution in [2.45, 2.75) is 37.5 Å². The molecule has 2 aliphatic rings. The molecular formula is C17H25N3O2S2. The maximum Gasteiger partial charge on any atom is 0.317 e. The molecule has 2 fully saturated rings. The monoisotopic (exact) mass is 367 g/mol. The van der Waals surface area contributed by atoms with Gasteiger partial charge in [0, 0.05) is 48.0 Å². The van der Waals surface area contributed by atoms with Gasteiger partial charge in [-0.3, -0.25) is 4.79 Å². The fraction of sp³-hybridized carbons (Fsp3) is 0.647. The van der Waals surface area contributed by atoms with Crippen molar-refractivity contribution >= 4 is 35.0 Å². The standard InChI is InChI=1S/C17H25N3O2S2/c21-16(19-14-3-4-14)13-5-8-20(9-6-13)17(22)18-7-11-23-12-15-2-1-10-24-15/h1-2,10,13-14H,3-9,11-12H2,(H,18,22)(H,19,21). The maximum absolute atomic E-state index is 12.2. The van der Waals surface area contributed by atoms with Crippen molar-refractivity contribution in [2.75, 3.05) is 25.4 Å². The summed E-state index contributed by atoms with van der Waals surface area (Å²) >= 11 is 3.61. The predicted octanol–water partition coefficient (Wildman–Crippen LogP) is 2.68. The van der Waals surface area contributed by atoms with Crippen molar-refractivity contribution in [2.24, 2.45) is 5.92 Å². The molecule has 0 bridgehead atoms. The average Bonchev–Trinajstić information content (AvgIpc) is 3.26. The van der Waals surface area contributed by atoms with Crippen molar-refractivity contribution < 1.29 is 9.59 Å². The van der Waals surface area contributed by atoms with Gasteiger partial charge in [-0.05, 0) is 37.1 Å². The molecule has 0 spiro atoms. The smallest absolute Gasteiger partial charge is 0.317 e. The van der Waals surface area contributed by atoms with Gasteiger partial charge in [0.05, 0.1) is 0 Å². The number of thioether (sulfide) groups is 1. The predicted molar refractivity (Wildman–Crippen MR) is 99.3 cm³/mol. The van der Waals surface area contributed by atoms with E-state index in [2.05, 4.69) is 28.1 Å². The average molecular weight is 368 g/mol. The van der Waals surface area contributed by atoms with Crippen LogP contribution in [0.5, 0.6) is 0 Å². The van der Waals surface area contributed by atoms with E-state index in [1.54, 1.807) is 11.3 Å². The summed E-state index contributed by atoms with van der Waals surface area (Å²) in [6.07, 6.45) is 3.80. The van der Waals surface area contributed by atoms with Crippen LogP contribution in [0.1, 0.15) is 30.6 Å². The van der Waals surface area contributed by atoms with Gasteiger partial charge in [0.2, 0.25) is 5.91 Å². The van der Waals surface area contributed by atoms with Gasteiger partial charge in [-0.25, -0.2) is 4.79 Å². The van der Waals surface area contributed by atoms with Crippen LogP contribution in [0.2, 0.25) is 0 Å². The van der Waals surface area contributed by atoms with Crippen molar-refractivity contribution in [3.8, 4) is 0 Å². The van der Waals surface area contributed by atoms with Gasteiger partial charge >= 0.3 is 6.03 Å². The fourth-order valence-electron chi connectivity index (χ4n) is 2.80. The Morgan fingerprint density at radius 1 is 1.25 bits per heavy atom. The molecule has 1 aromatic rings. The maximum atomic E-state index is 12.2. The highest BCUT2D eigenvalue weighted by Crippen LogP contribution is 2.22. The number of urea groups is 1. The molecular weight excluding hydrogens is 342 g/mol. The van der Waals surface area contributed by atoms with E-state index in [4.69, 9.17) is 0 Å². The van der Waals surface area contributed by atoms with E-state index in [0.717, 1.165) is 37.2 Å². The van der Waals surface area contributed by atoms with Crippen LogP contribution in [0.4, 0.5) is 4.79 Å². The number of hydrogen-bond acceptors (Lipinski definition) is 4. The molecule has 3 rings (SSSR count). The van der Waals surface area contributed by atoms with Gasteiger partial charge in [-0.15, -0.1) is 11.3 Å². The van der Waals surface area contributed by atoms with Gasteiger partial charge in [-0.2, -0.15) is 11.8 Å². The Labute approximate surface area is 151 Å². The summed E-state index contributed by atoms with van der Waals surface area (Å²) in [4.78, 5) is 27.4. The normalized spacial score (nSPS) is 18.4. The fourth-order valence-corrected chi connectivity index (χ4v) is 4.50. The first-order valence-electron chi connectivity index (χ1n) is 8.65. The van der Waals surface area contributed by atoms with Crippen LogP contribution in [0, 0.1) is 5.92 Å². The van der Waals surface area contributed by atoms with Gasteiger partial charge in [0.25, 0.3) is 0 Å². The van der Waals surface area contributed by atoms with Crippen LogP contribution >= 0.6 is 23.1 Å². The largest absolute Gasteiger partial charge is 0.353 e. The number of nitrogens with one attached hydrogen (secondary N) is 2. The molecule has 1 aliphatic heterocycles. The zero-order valence-corrected chi connectivity index (χ0v) is 15.5. The minimum absolute atomic E-state index is 0.00720. The molecule has 3 amide bonds. The summed E-state index contributed by atoms with van der Waals surface area (Å²) in [5, 5.41) is 8.14. The molecule has 0 radical (unpaired) electrons. The number of rotatable bonds is 7. The lowest BCUT2D eigenvalue weighted by molar-refractivity contribution is -0.126. The number of carbonyl (C=O) groups excluding carboxylic acids is 2. The van der Waals surface area contributed by atoms with Crippen molar-refractivity contribution in [1.82, 2.24) is 15.5 Å². The van der Waals surface area contributed by atoms with Crippen LogP contribution in [0.15, 0.2) is 17.5 Å². The van der Waals surface area contributed by atoms with E-state index in [1.807, 2.05) is 16.7 Å². The van der Waals surface area contributed by atoms with Gasteiger partial charge in [0.15, 0.2) is 0 Å². The van der Waals surface area contributed by atoms with Crippen LogP contribution in [-0.4, -0.2) is 48.3 Å². The summed E-state index contributed by atoms with van der Waals surface area (Å²) in [7, 11) is 0. The molecule has 0 atom stereocenters. The Morgan fingerprint density at radius 3 is 2.71 bits per heavy atom. The second-order valence-corrected chi connectivity index (χ2v) is 8.55. The SMILES string of the molecule is O=C(NC1CC1)C1CCN(C(=O)NCCSCc2cccs2)CC1. The van der Waals surface area contributed by atoms with E-state index >= 15 is 0 Å². The molecule has 1 aliphatic carbocycles. The van der Waals surface area contributed by atoms with Gasteiger partial charge < -0.3 is 15.5 Å². The first-order chi connectivity index (χ1) is 11.7. The Bertz CT molecular complexity index is 538. The third-order valence-corrected chi connectivity index (χ3v) is 6.49. The molecule has 7 heteroatoms. The highest BCUT2D eigenvalue weighted by molar-refractivity contribution is 7.98. The molecule has 0 aromatic carbocycles. The summed E-state index contributed by atoms with van der Waals surface area (Å²) < 4.78 is 0. The van der Waals surface area contributed by atoms with E-state index in [9.17, 15) is 9.59 Å². The molecule has 1 aromatic heterocycles. The van der Waals surface area contributed by atoms with Gasteiger partial charge in [0.1, 0.15) is 0 Å². The summed E-state index contributed by atoms with van der Waals surface area (Å²) in [6, 6.07) is 4.63. The number of carbonyl (C=O) groups is 2. The lowest BCUT2D eigenvalue weighted by Gasteiger charge is -2.31. The highest BCUT2D eigenvalue weighted by Gasteiger charge is 2.30. The van der Waals surface area contributed by atoms with Gasteiger partial charge in [-0.1, -0.05) is 6.07 Å². The van der Waals surface area contributed by atoms with Crippen molar-refractivity contribution in [3.05, 3.63) is 22.4 Å². The summed E-state index contributed by atoms with van der Waals surface area (Å²) in [5.74, 6) is 2.19. The van der Waals surface area contributed by atoms with Crippen LogP contribution in [0.25, 0.3) is 0 Å². The van der Waals surface area contributed by atoms with Crippen LogP contribution in [0.3, 0.4) is 0 Å². The molecule has 132 valence electrons. The first kappa shape index (κ1) is 17.6. The molecule has 24 heavy (non-hydrogen) atoms. The first-order valence-corrected chi connectivity index (χ1v) is 10.7. The summed E-state index contributed by atoms with van der Waals surface area (Å²) in [5.41, 5.74) is 0. The number of amides is 3. The van der Waals surface area contributed by atoms with Crippen molar-refractivity contribution in [1.29, 1.82) is 0 Å². The molecule has 2 heterocycles. The minimum Gasteiger partial charge on any atom is -0.353 e. The van der Waals surface area contributed by atoms with E-state index in [-0.39, 0.29) is 17.9 Å². The number of piperidine rings is 1. The molecule has 2 N–H and O–H groups in total. The minimum atomic E-state index is 0.00720. The zero-order valence-electron chi connectivity index (χ0n) is 13.8. The number of likely N-dealkylation sites (tertiary alicyclic amines) is 1. The van der Waals surface area contributed by atoms with Crippen molar-refractivity contribution in [3.63, 3.8) is 0 Å². The topological polar surface area (TPSA) is 61.4 Å². The molecule has 0 unspecified atom stereocenters. The zero-order chi connectivity index (χ0) is 16.8. The lowest BCUT2D eigenvalue weighted by atomic mass is 9.96. The number of nitrogens with zero attached hydrogens (tertiary/aromatic N) is 1. The second-order valence-electron chi connectivity index (χ2n) is 6.41. The van der Waals surface area contributed by atoms with E-state index in [0.29, 0.717) is 25.7 Å². The van der Waals surface area contributed by atoms with E-state index < -0.39 is 0 Å². The molecule has 1 saturated heterocycles. The second kappa shape index (κ2) is 8.76. The lowest BCUT2D eigenvalue weighted by Crippen LogP contribution is -2.47. The van der Waals surface area contributed by atoms with Crippen LogP contribution < -0.4 is 10.6 Å². The molecule has 1 saturated carbocycles. The van der Waals surface area contributed by atoms with Crippen LogP contribution in [-0.2, 0) is 10.5 Å². The van der Waals surface area contributed by atoms with E-state index in [1.165, 1.54) is 4.88 Å². The Morgan fingerprint density at radius 2 is 2.04 bits per heavy atom. The number of hydrogen-bond donors (Lipinski definition) is 2. The molecule has 5 nitrogen and oxygen atoms in total. The summed E-state index contributed by atoms with van der Waals surface area (Å²) in [6.45, 7) is 2.05. The third-order valence-electron chi connectivity index (χ3n) is 4.42. The Balaban J connectivity index is 1.26. The number of thiophene rings is 1. The Hall–Kier alpha value is -1.21.